The number of hydrogen-bond donors (Lipinski definition) is 0. The maximum atomic E-state index is 9.93. The van der Waals surface area contributed by atoms with Crippen molar-refractivity contribution >= 4 is 11.7 Å². The summed E-state index contributed by atoms with van der Waals surface area (Å²) in [5.74, 6) is 0. The van der Waals surface area contributed by atoms with E-state index in [4.69, 9.17) is 0 Å². The Morgan fingerprint density at radius 3 is 1.71 bits per heavy atom. The van der Waals surface area contributed by atoms with Gasteiger partial charge in [-0.25, -0.2) is 0 Å². The summed E-state index contributed by atoms with van der Waals surface area (Å²) in [7, 11) is 0. The van der Waals surface area contributed by atoms with E-state index in [1.165, 1.54) is 0 Å². The van der Waals surface area contributed by atoms with E-state index in [-0.39, 0.29) is 0 Å². The van der Waals surface area contributed by atoms with Gasteiger partial charge in [0.2, 0.25) is 0 Å². The molecule has 0 aliphatic carbocycles. The number of rotatable bonds is 1. The highest BCUT2D eigenvalue weighted by molar-refractivity contribution is 7.70. The van der Waals surface area contributed by atoms with E-state index in [1.807, 2.05) is 20.8 Å². The predicted octanol–water partition coefficient (Wildman–Crippen LogP) is 1.73. The van der Waals surface area contributed by atoms with Gasteiger partial charge in [0.05, 0.1) is 0 Å². The lowest BCUT2D eigenvalue weighted by molar-refractivity contribution is 0.607. The minimum Gasteiger partial charge on any atom is -0.0385 e. The van der Waals surface area contributed by atoms with Gasteiger partial charge >= 0.3 is 11.7 Å². The van der Waals surface area contributed by atoms with Crippen molar-refractivity contribution in [3.05, 3.63) is 10.5 Å². The third kappa shape index (κ3) is 2.45. The van der Waals surface area contributed by atoms with Gasteiger partial charge in [-0.2, -0.15) is 0 Å². The van der Waals surface area contributed by atoms with Crippen LogP contribution in [0.3, 0.4) is 0 Å². The topological polar surface area (TPSA) is 17.1 Å². The molecule has 0 N–H and O–H groups in total. The Hall–Kier alpha value is -0.240. The number of hydrogen-bond acceptors (Lipinski definition) is 1. The Morgan fingerprint density at radius 1 is 1.29 bits per heavy atom. The molecule has 0 aliphatic rings. The molecule has 0 aromatic rings. The fourth-order valence-electron chi connectivity index (χ4n) is 0.0833. The third-order valence-electron chi connectivity index (χ3n) is 0.829. The van der Waals surface area contributed by atoms with Crippen LogP contribution in [0.4, 0.5) is 0 Å². The van der Waals surface area contributed by atoms with E-state index < -0.39 is 0 Å². The second kappa shape index (κ2) is 2.86. The first-order valence-electron chi connectivity index (χ1n) is 2.12. The Kier molecular flexibility index (Phi) is 2.76. The van der Waals surface area contributed by atoms with Crippen LogP contribution in [-0.2, 0) is 15.9 Å². The maximum Gasteiger partial charge on any atom is 0.499 e. The molecule has 0 bridgehead atoms. The molecule has 0 aromatic carbocycles. The third-order valence-corrected chi connectivity index (χ3v) is 1.49. The first-order chi connectivity index (χ1) is 3.18. The summed E-state index contributed by atoms with van der Waals surface area (Å²) >= 11 is 0.562. The second-order valence-electron chi connectivity index (χ2n) is 1.64. The summed E-state index contributed by atoms with van der Waals surface area (Å²) in [6.45, 7) is 5.69. The Balaban J connectivity index is 3.98. The van der Waals surface area contributed by atoms with Crippen molar-refractivity contribution in [3.63, 3.8) is 0 Å². The molecule has 0 unspecified atom stereocenters. The molecule has 1 nitrogen and oxygen atoms in total. The molecule has 0 heterocycles. The quantitative estimate of drug-likeness (QED) is 0.478. The Bertz CT molecular complexity index is 101. The molecule has 0 rings (SSSR count). The zero-order valence-electron chi connectivity index (χ0n) is 4.82. The van der Waals surface area contributed by atoms with Gasteiger partial charge in [0.25, 0.3) is 4.91 Å². The van der Waals surface area contributed by atoms with Gasteiger partial charge < -0.3 is 0 Å². The zero-order valence-corrected chi connectivity index (χ0v) is 5.63. The van der Waals surface area contributed by atoms with Crippen LogP contribution in [0.2, 0.25) is 0 Å². The van der Waals surface area contributed by atoms with Crippen molar-refractivity contribution in [2.45, 2.75) is 20.8 Å². The van der Waals surface area contributed by atoms with Crippen LogP contribution in [-0.4, -0.2) is 0 Å². The van der Waals surface area contributed by atoms with Crippen molar-refractivity contribution in [2.75, 3.05) is 0 Å². The molecule has 0 amide bonds. The zero-order chi connectivity index (χ0) is 5.86. The first kappa shape index (κ1) is 6.76. The van der Waals surface area contributed by atoms with E-state index in [0.717, 1.165) is 10.5 Å². The first-order valence-corrected chi connectivity index (χ1v) is 2.86. The molecular formula is C5H9OS+. The summed E-state index contributed by atoms with van der Waals surface area (Å²) < 4.78 is 9.93. The fourth-order valence-corrected chi connectivity index (χ4v) is 0.250. The molecule has 0 radical (unpaired) electrons. The van der Waals surface area contributed by atoms with E-state index in [2.05, 4.69) is 0 Å². The average Bonchev–Trinajstić information content (AvgIpc) is 1.65. The smallest absolute Gasteiger partial charge is 0.0385 e. The van der Waals surface area contributed by atoms with Gasteiger partial charge in [0, 0.05) is 11.1 Å². The monoisotopic (exact) mass is 117 g/mol. The Labute approximate surface area is 47.9 Å². The van der Waals surface area contributed by atoms with Gasteiger partial charge in [0.15, 0.2) is 0 Å². The molecule has 40 valence electrons. The van der Waals surface area contributed by atoms with Gasteiger partial charge in [-0.05, 0) is 19.4 Å². The van der Waals surface area contributed by atoms with Crippen LogP contribution in [0.15, 0.2) is 10.5 Å². The molecule has 0 atom stereocenters. The van der Waals surface area contributed by atoms with Gasteiger partial charge in [0.1, 0.15) is 0 Å². The van der Waals surface area contributed by atoms with Crippen molar-refractivity contribution < 1.29 is 4.21 Å². The second-order valence-corrected chi connectivity index (χ2v) is 2.42. The molecule has 2 heteroatoms. The van der Waals surface area contributed by atoms with Gasteiger partial charge in [-0.1, -0.05) is 0 Å². The standard InChI is InChI=1S/C5H9OS/c1-4(2)5(3)7-6/h1-3H3/q+1. The van der Waals surface area contributed by atoms with Crippen LogP contribution in [0.25, 0.3) is 0 Å². The molecular weight excluding hydrogens is 108 g/mol. The van der Waals surface area contributed by atoms with Crippen LogP contribution >= 0.6 is 0 Å². The summed E-state index contributed by atoms with van der Waals surface area (Å²) in [6.07, 6.45) is 0. The van der Waals surface area contributed by atoms with Crippen LogP contribution in [0.5, 0.6) is 0 Å². The largest absolute Gasteiger partial charge is 0.499 e. The molecule has 0 fully saturated rings. The maximum absolute atomic E-state index is 9.93. The molecule has 0 aromatic heterocycles. The lowest BCUT2D eigenvalue weighted by Gasteiger charge is -1.74. The molecule has 0 aliphatic heterocycles. The van der Waals surface area contributed by atoms with E-state index in [9.17, 15) is 4.21 Å². The Morgan fingerprint density at radius 2 is 1.71 bits per heavy atom. The summed E-state index contributed by atoms with van der Waals surface area (Å²) in [6, 6.07) is 0. The molecule has 0 saturated heterocycles. The summed E-state index contributed by atoms with van der Waals surface area (Å²) in [5, 5.41) is 0. The minimum absolute atomic E-state index is 0.562. The summed E-state index contributed by atoms with van der Waals surface area (Å²) in [5.41, 5.74) is 1.11. The van der Waals surface area contributed by atoms with Crippen molar-refractivity contribution in [3.8, 4) is 0 Å². The molecule has 0 spiro atoms. The molecule has 0 saturated carbocycles. The van der Waals surface area contributed by atoms with Gasteiger partial charge in [-0.15, -0.1) is 0 Å². The predicted molar refractivity (Wildman–Crippen MR) is 32.1 cm³/mol. The molecule has 7 heavy (non-hydrogen) atoms. The average molecular weight is 117 g/mol. The van der Waals surface area contributed by atoms with E-state index in [0.29, 0.717) is 11.7 Å². The van der Waals surface area contributed by atoms with Crippen molar-refractivity contribution in [1.29, 1.82) is 0 Å². The van der Waals surface area contributed by atoms with E-state index in [1.54, 1.807) is 0 Å². The normalized spacial score (nSPS) is 7.86. The minimum atomic E-state index is 0.562. The highest BCUT2D eigenvalue weighted by Crippen LogP contribution is 1.97. The highest BCUT2D eigenvalue weighted by atomic mass is 32.1. The van der Waals surface area contributed by atoms with Crippen molar-refractivity contribution in [1.82, 2.24) is 0 Å². The SMILES string of the molecule is CC(C)=C(C)[S+]=O. The fraction of sp³-hybridized carbons (Fsp3) is 0.600. The van der Waals surface area contributed by atoms with E-state index >= 15 is 0 Å². The van der Waals surface area contributed by atoms with Crippen LogP contribution < -0.4 is 0 Å². The summed E-state index contributed by atoms with van der Waals surface area (Å²) in [4.78, 5) is 0.875. The van der Waals surface area contributed by atoms with Crippen LogP contribution in [0, 0.1) is 0 Å². The number of allylic oxidation sites excluding steroid dienone is 2. The van der Waals surface area contributed by atoms with Gasteiger partial charge in [-0.3, -0.25) is 0 Å². The highest BCUT2D eigenvalue weighted by Gasteiger charge is 2.02. The van der Waals surface area contributed by atoms with Crippen molar-refractivity contribution in [2.24, 2.45) is 0 Å². The lowest BCUT2D eigenvalue weighted by atomic mass is 10.3. The van der Waals surface area contributed by atoms with Crippen LogP contribution in [0.1, 0.15) is 20.8 Å². The lowest BCUT2D eigenvalue weighted by Crippen LogP contribution is -1.72.